The molecule has 0 aliphatic heterocycles. The highest BCUT2D eigenvalue weighted by Crippen LogP contribution is 2.30. The summed E-state index contributed by atoms with van der Waals surface area (Å²) < 4.78 is 17.2. The summed E-state index contributed by atoms with van der Waals surface area (Å²) >= 11 is 3.46. The van der Waals surface area contributed by atoms with Crippen LogP contribution in [0.3, 0.4) is 0 Å². The molecule has 0 heterocycles. The molecule has 2 aromatic carbocycles. The Labute approximate surface area is 132 Å². The average Bonchev–Trinajstić information content (AvgIpc) is 2.52. The second-order valence-corrected chi connectivity index (χ2v) is 5.30. The number of hydrogen-bond donors (Lipinski definition) is 1. The quantitative estimate of drug-likeness (QED) is 0.865. The Morgan fingerprint density at radius 3 is 2.19 bits per heavy atom. The maximum absolute atomic E-state index is 5.84. The van der Waals surface area contributed by atoms with Crippen LogP contribution in [0, 0.1) is 0 Å². The molecule has 0 saturated heterocycles. The van der Waals surface area contributed by atoms with Gasteiger partial charge in [0.05, 0.1) is 18.7 Å². The molecule has 2 aromatic rings. The van der Waals surface area contributed by atoms with Crippen LogP contribution in [0.1, 0.15) is 11.1 Å². The van der Waals surface area contributed by atoms with Crippen molar-refractivity contribution < 1.29 is 14.2 Å². The van der Waals surface area contributed by atoms with Crippen LogP contribution < -0.4 is 19.9 Å². The second kappa shape index (κ2) is 7.33. The van der Waals surface area contributed by atoms with Crippen LogP contribution in [-0.2, 0) is 13.2 Å². The summed E-state index contributed by atoms with van der Waals surface area (Å²) in [4.78, 5) is 0. The lowest BCUT2D eigenvalue weighted by Crippen LogP contribution is -2.01. The van der Waals surface area contributed by atoms with Crippen molar-refractivity contribution in [2.45, 2.75) is 13.2 Å². The fourth-order valence-corrected chi connectivity index (χ4v) is 2.51. The van der Waals surface area contributed by atoms with Crippen molar-refractivity contribution >= 4 is 15.9 Å². The minimum Gasteiger partial charge on any atom is -0.496 e. The lowest BCUT2D eigenvalue weighted by atomic mass is 10.2. The minimum atomic E-state index is 0.437. The van der Waals surface area contributed by atoms with Crippen LogP contribution in [0.15, 0.2) is 40.9 Å². The Kier molecular flexibility index (Phi) is 5.47. The zero-order chi connectivity index (χ0) is 15.2. The average molecular weight is 352 g/mol. The number of methoxy groups -OCH3 is 2. The number of hydrogen-bond acceptors (Lipinski definition) is 4. The first-order valence-electron chi connectivity index (χ1n) is 6.50. The van der Waals surface area contributed by atoms with E-state index in [2.05, 4.69) is 15.9 Å². The summed E-state index contributed by atoms with van der Waals surface area (Å²) in [6, 6.07) is 11.5. The highest BCUT2D eigenvalue weighted by molar-refractivity contribution is 9.10. The van der Waals surface area contributed by atoms with E-state index in [9.17, 15) is 0 Å². The van der Waals surface area contributed by atoms with Gasteiger partial charge in [0.2, 0.25) is 0 Å². The number of nitrogens with two attached hydrogens (primary N) is 1. The molecular formula is C16H18BrNO3. The maximum atomic E-state index is 5.84. The molecule has 0 aliphatic rings. The molecule has 0 unspecified atom stereocenters. The highest BCUT2D eigenvalue weighted by Gasteiger charge is 2.07. The molecule has 4 nitrogen and oxygen atoms in total. The first kappa shape index (κ1) is 15.7. The number of rotatable bonds is 6. The van der Waals surface area contributed by atoms with Crippen molar-refractivity contribution in [3.05, 3.63) is 52.0 Å². The van der Waals surface area contributed by atoms with Crippen molar-refractivity contribution in [1.29, 1.82) is 0 Å². The molecule has 21 heavy (non-hydrogen) atoms. The van der Waals surface area contributed by atoms with Crippen LogP contribution in [-0.4, -0.2) is 14.2 Å². The van der Waals surface area contributed by atoms with E-state index < -0.39 is 0 Å². The summed E-state index contributed by atoms with van der Waals surface area (Å²) in [5.74, 6) is 2.17. The van der Waals surface area contributed by atoms with Gasteiger partial charge in [0.15, 0.2) is 11.5 Å². The van der Waals surface area contributed by atoms with Gasteiger partial charge in [0, 0.05) is 6.54 Å². The zero-order valence-corrected chi connectivity index (χ0v) is 13.6. The van der Waals surface area contributed by atoms with E-state index in [0.29, 0.717) is 24.7 Å². The van der Waals surface area contributed by atoms with Gasteiger partial charge in [-0.15, -0.1) is 0 Å². The maximum Gasteiger partial charge on any atom is 0.161 e. The Morgan fingerprint density at radius 2 is 1.57 bits per heavy atom. The third-order valence-corrected chi connectivity index (χ3v) is 3.69. The van der Waals surface area contributed by atoms with Gasteiger partial charge in [-0.25, -0.2) is 0 Å². The van der Waals surface area contributed by atoms with Gasteiger partial charge in [-0.1, -0.05) is 12.1 Å². The van der Waals surface area contributed by atoms with Crippen molar-refractivity contribution in [3.8, 4) is 17.2 Å². The SMILES string of the molecule is COc1ccc(COc2cc(CN)ccc2OC)cc1Br. The molecule has 0 radical (unpaired) electrons. The van der Waals surface area contributed by atoms with E-state index in [1.165, 1.54) is 0 Å². The highest BCUT2D eigenvalue weighted by atomic mass is 79.9. The predicted octanol–water partition coefficient (Wildman–Crippen LogP) is 3.50. The third-order valence-electron chi connectivity index (χ3n) is 3.07. The van der Waals surface area contributed by atoms with Crippen LogP contribution in [0.2, 0.25) is 0 Å². The van der Waals surface area contributed by atoms with Crippen LogP contribution in [0.4, 0.5) is 0 Å². The lowest BCUT2D eigenvalue weighted by molar-refractivity contribution is 0.284. The van der Waals surface area contributed by atoms with Gasteiger partial charge in [-0.05, 0) is 51.3 Å². The fraction of sp³-hybridized carbons (Fsp3) is 0.250. The Hall–Kier alpha value is -1.72. The van der Waals surface area contributed by atoms with Gasteiger partial charge in [-0.2, -0.15) is 0 Å². The van der Waals surface area contributed by atoms with Crippen molar-refractivity contribution in [3.63, 3.8) is 0 Å². The van der Waals surface area contributed by atoms with Gasteiger partial charge < -0.3 is 19.9 Å². The van der Waals surface area contributed by atoms with Gasteiger partial charge in [-0.3, -0.25) is 0 Å². The predicted molar refractivity (Wildman–Crippen MR) is 85.9 cm³/mol. The summed E-state index contributed by atoms with van der Waals surface area (Å²) in [5.41, 5.74) is 7.68. The molecule has 5 heteroatoms. The Bertz CT molecular complexity index is 616. The van der Waals surface area contributed by atoms with E-state index in [-0.39, 0.29) is 0 Å². The normalized spacial score (nSPS) is 10.3. The third kappa shape index (κ3) is 3.89. The van der Waals surface area contributed by atoms with Crippen molar-refractivity contribution in [2.24, 2.45) is 5.73 Å². The smallest absolute Gasteiger partial charge is 0.161 e. The standard InChI is InChI=1S/C16H18BrNO3/c1-19-14-5-4-12(7-13(14)17)10-21-16-8-11(9-18)3-6-15(16)20-2/h3-8H,9-10,18H2,1-2H3. The van der Waals surface area contributed by atoms with Crippen LogP contribution in [0.25, 0.3) is 0 Å². The van der Waals surface area contributed by atoms with E-state index in [1.54, 1.807) is 14.2 Å². The largest absolute Gasteiger partial charge is 0.496 e. The molecular weight excluding hydrogens is 334 g/mol. The Balaban J connectivity index is 2.13. The van der Waals surface area contributed by atoms with Gasteiger partial charge >= 0.3 is 0 Å². The van der Waals surface area contributed by atoms with Crippen LogP contribution in [0.5, 0.6) is 17.2 Å². The number of ether oxygens (including phenoxy) is 3. The minimum absolute atomic E-state index is 0.437. The molecule has 0 aromatic heterocycles. The molecule has 0 atom stereocenters. The van der Waals surface area contributed by atoms with E-state index in [1.807, 2.05) is 36.4 Å². The molecule has 2 N–H and O–H groups in total. The van der Waals surface area contributed by atoms with Gasteiger partial charge in [0.25, 0.3) is 0 Å². The van der Waals surface area contributed by atoms with Crippen molar-refractivity contribution in [2.75, 3.05) is 14.2 Å². The topological polar surface area (TPSA) is 53.7 Å². The molecule has 2 rings (SSSR count). The molecule has 0 fully saturated rings. The van der Waals surface area contributed by atoms with E-state index in [4.69, 9.17) is 19.9 Å². The number of benzene rings is 2. The van der Waals surface area contributed by atoms with Gasteiger partial charge in [0.1, 0.15) is 12.4 Å². The summed E-state index contributed by atoms with van der Waals surface area (Å²) in [5, 5.41) is 0. The fourth-order valence-electron chi connectivity index (χ4n) is 1.92. The summed E-state index contributed by atoms with van der Waals surface area (Å²) in [6.45, 7) is 0.904. The van der Waals surface area contributed by atoms with Crippen molar-refractivity contribution in [1.82, 2.24) is 0 Å². The summed E-state index contributed by atoms with van der Waals surface area (Å²) in [7, 11) is 3.26. The van der Waals surface area contributed by atoms with E-state index >= 15 is 0 Å². The molecule has 112 valence electrons. The first-order chi connectivity index (χ1) is 10.2. The summed E-state index contributed by atoms with van der Waals surface area (Å²) in [6.07, 6.45) is 0. The monoisotopic (exact) mass is 351 g/mol. The zero-order valence-electron chi connectivity index (χ0n) is 12.1. The molecule has 0 spiro atoms. The first-order valence-corrected chi connectivity index (χ1v) is 7.29. The molecule has 0 amide bonds. The Morgan fingerprint density at radius 1 is 0.905 bits per heavy atom. The lowest BCUT2D eigenvalue weighted by Gasteiger charge is -2.12. The molecule has 0 aliphatic carbocycles. The van der Waals surface area contributed by atoms with Crippen LogP contribution >= 0.6 is 15.9 Å². The molecule has 0 saturated carbocycles. The number of halogens is 1. The molecule has 0 bridgehead atoms. The second-order valence-electron chi connectivity index (χ2n) is 4.45. The van der Waals surface area contributed by atoms with E-state index in [0.717, 1.165) is 21.3 Å².